The largest absolute Gasteiger partial charge is 0.356 e. The van der Waals surface area contributed by atoms with Gasteiger partial charge < -0.3 is 19.7 Å². The lowest BCUT2D eigenvalue weighted by atomic mass is 10.2. The second-order valence-corrected chi connectivity index (χ2v) is 6.83. The van der Waals surface area contributed by atoms with Gasteiger partial charge >= 0.3 is 0 Å². The maximum atomic E-state index is 5.28. The predicted octanol–water partition coefficient (Wildman–Crippen LogP) is 3.50. The van der Waals surface area contributed by atoms with Crippen LogP contribution in [0.3, 0.4) is 0 Å². The fourth-order valence-electron chi connectivity index (χ4n) is 3.25. The van der Waals surface area contributed by atoms with E-state index in [2.05, 4.69) is 71.8 Å². The number of halogens is 1. The number of rotatable bonds is 8. The van der Waals surface area contributed by atoms with E-state index in [4.69, 9.17) is 4.52 Å². The molecule has 0 aliphatic heterocycles. The van der Waals surface area contributed by atoms with Crippen LogP contribution in [0.5, 0.6) is 0 Å². The molecule has 0 saturated carbocycles. The third-order valence-electron chi connectivity index (χ3n) is 4.77. The Morgan fingerprint density at radius 1 is 1.06 bits per heavy atom. The minimum atomic E-state index is 0. The summed E-state index contributed by atoms with van der Waals surface area (Å²) in [7, 11) is 1.77. The summed E-state index contributed by atoms with van der Waals surface area (Å²) in [5, 5.41) is 11.9. The molecule has 0 fully saturated rings. The molecule has 8 nitrogen and oxygen atoms in total. The summed E-state index contributed by atoms with van der Waals surface area (Å²) in [6, 6.07) is 16.2. The van der Waals surface area contributed by atoms with Gasteiger partial charge in [0.05, 0.1) is 0 Å². The average molecular weight is 531 g/mol. The van der Waals surface area contributed by atoms with E-state index < -0.39 is 0 Å². The Balaban J connectivity index is 0.00000272. The van der Waals surface area contributed by atoms with E-state index in [1.54, 1.807) is 13.2 Å². The Morgan fingerprint density at radius 3 is 2.74 bits per heavy atom. The Morgan fingerprint density at radius 2 is 1.90 bits per heavy atom. The van der Waals surface area contributed by atoms with Crippen LogP contribution in [-0.4, -0.2) is 45.8 Å². The molecule has 0 aliphatic carbocycles. The van der Waals surface area contributed by atoms with Crippen LogP contribution in [0.1, 0.15) is 12.2 Å². The number of hydrogen-bond acceptors (Lipinski definition) is 5. The first-order chi connectivity index (χ1) is 14.8. The molecule has 0 bridgehead atoms. The van der Waals surface area contributed by atoms with E-state index >= 15 is 0 Å². The van der Waals surface area contributed by atoms with Crippen molar-refractivity contribution < 1.29 is 4.52 Å². The molecule has 2 N–H and O–H groups in total. The zero-order chi connectivity index (χ0) is 20.6. The van der Waals surface area contributed by atoms with Crippen molar-refractivity contribution in [1.82, 2.24) is 30.3 Å². The highest BCUT2D eigenvalue weighted by Gasteiger charge is 2.09. The van der Waals surface area contributed by atoms with E-state index in [9.17, 15) is 0 Å². The van der Waals surface area contributed by atoms with Crippen molar-refractivity contribution in [2.24, 2.45) is 4.99 Å². The number of nitrogens with zero attached hydrogens (tertiary/aromatic N) is 5. The van der Waals surface area contributed by atoms with Gasteiger partial charge in [0.25, 0.3) is 5.89 Å². The van der Waals surface area contributed by atoms with Gasteiger partial charge in [-0.05, 0) is 36.1 Å². The molecule has 0 radical (unpaired) electrons. The van der Waals surface area contributed by atoms with Crippen LogP contribution < -0.4 is 10.6 Å². The smallest absolute Gasteiger partial charge is 0.276 e. The number of aryl methyl sites for hydroxylation is 1. The summed E-state index contributed by atoms with van der Waals surface area (Å²) in [5.41, 5.74) is 1.95. The quantitative estimate of drug-likeness (QED) is 0.157. The zero-order valence-corrected chi connectivity index (χ0v) is 19.7. The van der Waals surface area contributed by atoms with Crippen LogP contribution in [0.15, 0.2) is 70.4 Å². The predicted molar refractivity (Wildman–Crippen MR) is 133 cm³/mol. The lowest BCUT2D eigenvalue weighted by molar-refractivity contribution is 0.421. The van der Waals surface area contributed by atoms with Crippen LogP contribution in [0.25, 0.3) is 22.5 Å². The van der Waals surface area contributed by atoms with Crippen LogP contribution in [-0.2, 0) is 13.0 Å². The highest BCUT2D eigenvalue weighted by molar-refractivity contribution is 14.0. The Bertz CT molecular complexity index is 1110. The molecule has 162 valence electrons. The number of nitrogens with one attached hydrogen (secondary N) is 2. The third kappa shape index (κ3) is 6.03. The number of para-hydroxylation sites is 1. The summed E-state index contributed by atoms with van der Waals surface area (Å²) < 4.78 is 7.56. The maximum absolute atomic E-state index is 5.28. The molecule has 9 heteroatoms. The second kappa shape index (κ2) is 11.4. The number of fused-ring (bicyclic) bond motifs is 1. The fraction of sp³-hybridized carbons (Fsp3) is 0.273. The molecule has 0 atom stereocenters. The van der Waals surface area contributed by atoms with E-state index in [0.29, 0.717) is 30.4 Å². The monoisotopic (exact) mass is 531 g/mol. The number of aliphatic imine (C=N–C) groups is 1. The van der Waals surface area contributed by atoms with Crippen LogP contribution >= 0.6 is 24.0 Å². The molecule has 0 amide bonds. The molecule has 0 unspecified atom stereocenters. The first kappa shape index (κ1) is 22.7. The van der Waals surface area contributed by atoms with Gasteiger partial charge in [-0.25, -0.2) is 0 Å². The van der Waals surface area contributed by atoms with E-state index in [0.717, 1.165) is 25.5 Å². The highest BCUT2D eigenvalue weighted by atomic mass is 127. The number of pyridine rings is 1. The molecule has 3 aromatic heterocycles. The van der Waals surface area contributed by atoms with Crippen LogP contribution in [0.2, 0.25) is 0 Å². The standard InChI is InChI=1S/C22H25N7O.HI/c1-23-22(25-13-6-15-29-16-11-17-7-2-3-9-19(17)29)26-14-10-20-27-21(30-28-20)18-8-4-5-12-24-18;/h2-5,7-9,11-12,16H,6,10,13-15H2,1H3,(H2,23,25,26);1H. The molecule has 31 heavy (non-hydrogen) atoms. The van der Waals surface area contributed by atoms with Crippen molar-refractivity contribution in [2.75, 3.05) is 20.1 Å². The normalized spacial score (nSPS) is 11.3. The number of guanidine groups is 1. The maximum Gasteiger partial charge on any atom is 0.276 e. The summed E-state index contributed by atoms with van der Waals surface area (Å²) in [5.74, 6) is 1.84. The molecular formula is C22H26IN7O. The first-order valence-electron chi connectivity index (χ1n) is 10.1. The number of benzene rings is 1. The third-order valence-corrected chi connectivity index (χ3v) is 4.77. The van der Waals surface area contributed by atoms with E-state index in [1.807, 2.05) is 18.2 Å². The molecular weight excluding hydrogens is 505 g/mol. The summed E-state index contributed by atoms with van der Waals surface area (Å²) in [4.78, 5) is 12.9. The molecule has 1 aromatic carbocycles. The van der Waals surface area contributed by atoms with Crippen molar-refractivity contribution >= 4 is 40.8 Å². The summed E-state index contributed by atoms with van der Waals surface area (Å²) in [6.45, 7) is 2.44. The molecule has 0 spiro atoms. The minimum absolute atomic E-state index is 0. The second-order valence-electron chi connectivity index (χ2n) is 6.83. The number of hydrogen-bond donors (Lipinski definition) is 2. The summed E-state index contributed by atoms with van der Waals surface area (Å²) in [6.07, 6.45) is 5.47. The van der Waals surface area contributed by atoms with Gasteiger partial charge in [-0.2, -0.15) is 4.98 Å². The minimum Gasteiger partial charge on any atom is -0.356 e. The Kier molecular flexibility index (Phi) is 8.39. The van der Waals surface area contributed by atoms with Gasteiger partial charge in [0.15, 0.2) is 11.8 Å². The Hall–Kier alpha value is -2.95. The molecule has 4 aromatic rings. The van der Waals surface area contributed by atoms with Gasteiger partial charge in [-0.15, -0.1) is 24.0 Å². The lowest BCUT2D eigenvalue weighted by Gasteiger charge is -2.11. The first-order valence-corrected chi connectivity index (χ1v) is 10.1. The van der Waals surface area contributed by atoms with Crippen molar-refractivity contribution in [3.8, 4) is 11.6 Å². The lowest BCUT2D eigenvalue weighted by Crippen LogP contribution is -2.39. The van der Waals surface area contributed by atoms with Crippen molar-refractivity contribution in [2.45, 2.75) is 19.4 Å². The fourth-order valence-corrected chi connectivity index (χ4v) is 3.25. The molecule has 0 saturated heterocycles. The van der Waals surface area contributed by atoms with E-state index in [1.165, 1.54) is 10.9 Å². The topological polar surface area (TPSA) is 93.2 Å². The van der Waals surface area contributed by atoms with Crippen molar-refractivity contribution in [1.29, 1.82) is 0 Å². The van der Waals surface area contributed by atoms with Crippen LogP contribution in [0.4, 0.5) is 0 Å². The van der Waals surface area contributed by atoms with E-state index in [-0.39, 0.29) is 24.0 Å². The molecule has 3 heterocycles. The van der Waals surface area contributed by atoms with Crippen molar-refractivity contribution in [3.05, 3.63) is 66.7 Å². The highest BCUT2D eigenvalue weighted by Crippen LogP contribution is 2.15. The van der Waals surface area contributed by atoms with Crippen LogP contribution in [0, 0.1) is 0 Å². The van der Waals surface area contributed by atoms with Crippen molar-refractivity contribution in [3.63, 3.8) is 0 Å². The summed E-state index contributed by atoms with van der Waals surface area (Å²) >= 11 is 0. The van der Waals surface area contributed by atoms with Gasteiger partial charge in [0.2, 0.25) is 0 Å². The molecule has 4 rings (SSSR count). The van der Waals surface area contributed by atoms with Gasteiger partial charge in [0.1, 0.15) is 5.69 Å². The molecule has 0 aliphatic rings. The van der Waals surface area contributed by atoms with Gasteiger partial charge in [-0.1, -0.05) is 29.4 Å². The van der Waals surface area contributed by atoms with Gasteiger partial charge in [-0.3, -0.25) is 9.98 Å². The zero-order valence-electron chi connectivity index (χ0n) is 17.4. The Labute approximate surface area is 198 Å². The number of aromatic nitrogens is 4. The SMILES string of the molecule is CN=C(NCCCn1ccc2ccccc21)NCCc1noc(-c2ccccn2)n1.I. The average Bonchev–Trinajstić information content (AvgIpc) is 3.43. The van der Waals surface area contributed by atoms with Gasteiger partial charge in [0, 0.05) is 51.0 Å².